The van der Waals surface area contributed by atoms with Crippen LogP contribution in [0.2, 0.25) is 5.02 Å². The quantitative estimate of drug-likeness (QED) is 0.804. The standard InChI is InChI=1S/C18H22ClNO/c1-4-11-21-16-8-5-14(6-9-16)15-7-10-17(13(2)20-3)18(19)12-15/h5-10,12-13,20H,4,11H2,1-3H3. The van der Waals surface area contributed by atoms with Crippen molar-refractivity contribution in [3.05, 3.63) is 53.1 Å². The molecule has 0 heterocycles. The summed E-state index contributed by atoms with van der Waals surface area (Å²) in [5.74, 6) is 0.909. The van der Waals surface area contributed by atoms with Crippen LogP contribution in [0.15, 0.2) is 42.5 Å². The van der Waals surface area contributed by atoms with Crippen LogP contribution in [0.5, 0.6) is 5.75 Å². The summed E-state index contributed by atoms with van der Waals surface area (Å²) in [6.45, 7) is 4.95. The molecule has 3 heteroatoms. The molecule has 0 saturated heterocycles. The zero-order valence-electron chi connectivity index (χ0n) is 12.8. The minimum Gasteiger partial charge on any atom is -0.494 e. The summed E-state index contributed by atoms with van der Waals surface area (Å²) in [6.07, 6.45) is 1.02. The van der Waals surface area contributed by atoms with Crippen LogP contribution in [0.4, 0.5) is 0 Å². The van der Waals surface area contributed by atoms with E-state index in [0.717, 1.165) is 40.5 Å². The third kappa shape index (κ3) is 3.99. The van der Waals surface area contributed by atoms with E-state index in [4.69, 9.17) is 16.3 Å². The second-order valence-corrected chi connectivity index (χ2v) is 5.53. The molecule has 0 fully saturated rings. The summed E-state index contributed by atoms with van der Waals surface area (Å²) in [5, 5.41) is 4.00. The molecule has 0 bridgehead atoms. The normalized spacial score (nSPS) is 12.2. The molecular weight excluding hydrogens is 282 g/mol. The Kier molecular flexibility index (Phi) is 5.66. The van der Waals surface area contributed by atoms with Crippen molar-refractivity contribution in [2.24, 2.45) is 0 Å². The number of hydrogen-bond donors (Lipinski definition) is 1. The molecule has 0 aliphatic carbocycles. The average molecular weight is 304 g/mol. The number of halogens is 1. The largest absolute Gasteiger partial charge is 0.494 e. The lowest BCUT2D eigenvalue weighted by atomic mass is 10.0. The highest BCUT2D eigenvalue weighted by Crippen LogP contribution is 2.29. The lowest BCUT2D eigenvalue weighted by Crippen LogP contribution is -2.12. The Bertz CT molecular complexity index is 580. The smallest absolute Gasteiger partial charge is 0.119 e. The SMILES string of the molecule is CCCOc1ccc(-c2ccc(C(C)NC)c(Cl)c2)cc1. The predicted molar refractivity (Wildman–Crippen MR) is 90.1 cm³/mol. The maximum atomic E-state index is 6.39. The van der Waals surface area contributed by atoms with E-state index in [1.807, 2.05) is 25.2 Å². The number of benzene rings is 2. The third-order valence-corrected chi connectivity index (χ3v) is 3.89. The van der Waals surface area contributed by atoms with E-state index in [0.29, 0.717) is 0 Å². The molecule has 2 nitrogen and oxygen atoms in total. The predicted octanol–water partition coefficient (Wildman–Crippen LogP) is 5.08. The molecule has 21 heavy (non-hydrogen) atoms. The fourth-order valence-corrected chi connectivity index (χ4v) is 2.52. The minimum atomic E-state index is 0.247. The molecule has 0 amide bonds. The van der Waals surface area contributed by atoms with Crippen LogP contribution in [0, 0.1) is 0 Å². The van der Waals surface area contributed by atoms with Gasteiger partial charge in [-0.1, -0.05) is 42.8 Å². The summed E-state index contributed by atoms with van der Waals surface area (Å²) >= 11 is 6.39. The van der Waals surface area contributed by atoms with Crippen LogP contribution in [0.25, 0.3) is 11.1 Å². The van der Waals surface area contributed by atoms with E-state index in [1.165, 1.54) is 0 Å². The van der Waals surface area contributed by atoms with Crippen LogP contribution < -0.4 is 10.1 Å². The molecule has 0 aliphatic rings. The third-order valence-electron chi connectivity index (χ3n) is 3.56. The Morgan fingerprint density at radius 1 is 1.10 bits per heavy atom. The zero-order chi connectivity index (χ0) is 15.2. The van der Waals surface area contributed by atoms with Gasteiger partial charge in [0.15, 0.2) is 0 Å². The van der Waals surface area contributed by atoms with Gasteiger partial charge in [-0.15, -0.1) is 0 Å². The van der Waals surface area contributed by atoms with Gasteiger partial charge in [0.1, 0.15) is 5.75 Å². The lowest BCUT2D eigenvalue weighted by molar-refractivity contribution is 0.317. The Balaban J connectivity index is 2.20. The Hall–Kier alpha value is -1.51. The van der Waals surface area contributed by atoms with Gasteiger partial charge in [0, 0.05) is 11.1 Å². The fraction of sp³-hybridized carbons (Fsp3) is 0.333. The molecule has 1 unspecified atom stereocenters. The van der Waals surface area contributed by atoms with Crippen molar-refractivity contribution in [3.63, 3.8) is 0 Å². The second kappa shape index (κ2) is 7.48. The fourth-order valence-electron chi connectivity index (χ4n) is 2.18. The first-order chi connectivity index (χ1) is 10.2. The number of nitrogens with one attached hydrogen (secondary N) is 1. The van der Waals surface area contributed by atoms with E-state index in [9.17, 15) is 0 Å². The molecule has 0 spiro atoms. The van der Waals surface area contributed by atoms with Crippen LogP contribution >= 0.6 is 11.6 Å². The van der Waals surface area contributed by atoms with Crippen molar-refractivity contribution in [3.8, 4) is 16.9 Å². The maximum Gasteiger partial charge on any atom is 0.119 e. The van der Waals surface area contributed by atoms with Gasteiger partial charge in [-0.25, -0.2) is 0 Å². The minimum absolute atomic E-state index is 0.247. The van der Waals surface area contributed by atoms with Gasteiger partial charge in [-0.3, -0.25) is 0 Å². The van der Waals surface area contributed by atoms with Gasteiger partial charge >= 0.3 is 0 Å². The van der Waals surface area contributed by atoms with Gasteiger partial charge in [0.05, 0.1) is 6.61 Å². The van der Waals surface area contributed by atoms with E-state index in [1.54, 1.807) is 0 Å². The first-order valence-corrected chi connectivity index (χ1v) is 7.73. The van der Waals surface area contributed by atoms with Crippen molar-refractivity contribution in [1.82, 2.24) is 5.32 Å². The summed E-state index contributed by atoms with van der Waals surface area (Å²) < 4.78 is 5.60. The van der Waals surface area contributed by atoms with Crippen molar-refractivity contribution in [2.45, 2.75) is 26.3 Å². The van der Waals surface area contributed by atoms with Crippen molar-refractivity contribution < 1.29 is 4.74 Å². The summed E-state index contributed by atoms with van der Waals surface area (Å²) in [5.41, 5.74) is 3.38. The molecule has 112 valence electrons. The number of ether oxygens (including phenoxy) is 1. The van der Waals surface area contributed by atoms with Crippen LogP contribution in [0.3, 0.4) is 0 Å². The molecule has 0 radical (unpaired) electrons. The molecule has 0 saturated carbocycles. The Morgan fingerprint density at radius 3 is 2.33 bits per heavy atom. The summed E-state index contributed by atoms with van der Waals surface area (Å²) in [7, 11) is 1.93. The van der Waals surface area contributed by atoms with Crippen LogP contribution in [0.1, 0.15) is 31.9 Å². The van der Waals surface area contributed by atoms with Gasteiger partial charge in [0.25, 0.3) is 0 Å². The van der Waals surface area contributed by atoms with E-state index < -0.39 is 0 Å². The van der Waals surface area contributed by atoms with E-state index in [2.05, 4.69) is 43.4 Å². The second-order valence-electron chi connectivity index (χ2n) is 5.12. The highest BCUT2D eigenvalue weighted by molar-refractivity contribution is 6.31. The average Bonchev–Trinajstić information content (AvgIpc) is 2.52. The topological polar surface area (TPSA) is 21.3 Å². The first kappa shape index (κ1) is 15.9. The zero-order valence-corrected chi connectivity index (χ0v) is 13.6. The van der Waals surface area contributed by atoms with Gasteiger partial charge in [-0.05, 0) is 55.3 Å². The van der Waals surface area contributed by atoms with Gasteiger partial charge < -0.3 is 10.1 Å². The maximum absolute atomic E-state index is 6.39. The number of hydrogen-bond acceptors (Lipinski definition) is 2. The lowest BCUT2D eigenvalue weighted by Gasteiger charge is -2.14. The van der Waals surface area contributed by atoms with E-state index in [-0.39, 0.29) is 6.04 Å². The van der Waals surface area contributed by atoms with Crippen molar-refractivity contribution >= 4 is 11.6 Å². The molecule has 2 aromatic carbocycles. The monoisotopic (exact) mass is 303 g/mol. The molecule has 0 aromatic heterocycles. The first-order valence-electron chi connectivity index (χ1n) is 7.35. The van der Waals surface area contributed by atoms with Crippen LogP contribution in [-0.4, -0.2) is 13.7 Å². The van der Waals surface area contributed by atoms with Crippen LogP contribution in [-0.2, 0) is 0 Å². The molecule has 2 rings (SSSR count). The molecule has 1 atom stereocenters. The van der Waals surface area contributed by atoms with Crippen molar-refractivity contribution in [2.75, 3.05) is 13.7 Å². The molecule has 2 aromatic rings. The summed E-state index contributed by atoms with van der Waals surface area (Å²) in [4.78, 5) is 0. The molecule has 1 N–H and O–H groups in total. The number of rotatable bonds is 6. The molecular formula is C18H22ClNO. The highest BCUT2D eigenvalue weighted by Gasteiger charge is 2.09. The van der Waals surface area contributed by atoms with Gasteiger partial charge in [0.2, 0.25) is 0 Å². The van der Waals surface area contributed by atoms with Crippen molar-refractivity contribution in [1.29, 1.82) is 0 Å². The Morgan fingerprint density at radius 2 is 1.76 bits per heavy atom. The Labute approximate surface area is 132 Å². The highest BCUT2D eigenvalue weighted by atomic mass is 35.5. The molecule has 0 aliphatic heterocycles. The van der Waals surface area contributed by atoms with E-state index >= 15 is 0 Å². The van der Waals surface area contributed by atoms with Gasteiger partial charge in [-0.2, -0.15) is 0 Å². The summed E-state index contributed by atoms with van der Waals surface area (Å²) in [6, 6.07) is 14.6.